The Morgan fingerprint density at radius 1 is 1.20 bits per heavy atom. The molecule has 1 aromatic heterocycles. The van der Waals surface area contributed by atoms with Gasteiger partial charge >= 0.3 is 0 Å². The van der Waals surface area contributed by atoms with Crippen molar-refractivity contribution in [2.24, 2.45) is 0 Å². The van der Waals surface area contributed by atoms with Gasteiger partial charge in [0.05, 0.1) is 6.04 Å². The topological polar surface area (TPSA) is 28.4 Å². The SMILES string of the molecule is CC(NN1C(C)CCCC1C)c1cc2ccccc2o1. The molecule has 3 nitrogen and oxygen atoms in total. The number of furan rings is 1. The standard InChI is InChI=1S/C17H24N2O/c1-12-7-6-8-13(2)19(12)18-14(3)17-11-15-9-4-5-10-16(15)20-17/h4-5,9-14,18H,6-8H2,1-3H3. The fourth-order valence-corrected chi connectivity index (χ4v) is 3.18. The van der Waals surface area contributed by atoms with E-state index in [4.69, 9.17) is 4.42 Å². The van der Waals surface area contributed by atoms with E-state index < -0.39 is 0 Å². The van der Waals surface area contributed by atoms with Crippen LogP contribution in [0.1, 0.15) is 51.8 Å². The van der Waals surface area contributed by atoms with Gasteiger partial charge in [0.2, 0.25) is 0 Å². The maximum absolute atomic E-state index is 5.95. The van der Waals surface area contributed by atoms with Crippen LogP contribution in [0.3, 0.4) is 0 Å². The highest BCUT2D eigenvalue weighted by atomic mass is 16.3. The van der Waals surface area contributed by atoms with E-state index in [1.165, 1.54) is 24.6 Å². The molecule has 0 aliphatic carbocycles. The Bertz CT molecular complexity index is 534. The minimum Gasteiger partial charge on any atom is -0.459 e. The van der Waals surface area contributed by atoms with E-state index >= 15 is 0 Å². The summed E-state index contributed by atoms with van der Waals surface area (Å²) in [6.07, 6.45) is 3.87. The summed E-state index contributed by atoms with van der Waals surface area (Å²) in [6.45, 7) is 6.77. The van der Waals surface area contributed by atoms with Crippen molar-refractivity contribution in [2.45, 2.75) is 58.2 Å². The molecule has 2 aromatic rings. The first kappa shape index (κ1) is 13.7. The number of nitrogens with one attached hydrogen (secondary N) is 1. The first-order chi connectivity index (χ1) is 9.65. The predicted octanol–water partition coefficient (Wildman–Crippen LogP) is 4.26. The molecule has 20 heavy (non-hydrogen) atoms. The van der Waals surface area contributed by atoms with Crippen LogP contribution in [-0.4, -0.2) is 17.1 Å². The van der Waals surface area contributed by atoms with E-state index in [2.05, 4.69) is 49.4 Å². The van der Waals surface area contributed by atoms with Gasteiger partial charge < -0.3 is 4.42 Å². The van der Waals surface area contributed by atoms with Gasteiger partial charge in [0, 0.05) is 17.5 Å². The number of piperidine rings is 1. The molecule has 1 saturated heterocycles. The second-order valence-corrected chi connectivity index (χ2v) is 6.07. The van der Waals surface area contributed by atoms with Crippen LogP contribution in [0.15, 0.2) is 34.7 Å². The number of para-hydroxylation sites is 1. The molecular weight excluding hydrogens is 248 g/mol. The summed E-state index contributed by atoms with van der Waals surface area (Å²) in [6, 6.07) is 11.7. The fraction of sp³-hybridized carbons (Fsp3) is 0.529. The fourth-order valence-electron chi connectivity index (χ4n) is 3.18. The van der Waals surface area contributed by atoms with Crippen molar-refractivity contribution in [3.63, 3.8) is 0 Å². The third-order valence-corrected chi connectivity index (χ3v) is 4.41. The highest BCUT2D eigenvalue weighted by molar-refractivity contribution is 5.77. The van der Waals surface area contributed by atoms with E-state index in [0.717, 1.165) is 11.3 Å². The minimum atomic E-state index is 0.199. The number of rotatable bonds is 3. The van der Waals surface area contributed by atoms with Crippen LogP contribution < -0.4 is 5.43 Å². The maximum atomic E-state index is 5.95. The van der Waals surface area contributed by atoms with Crippen molar-refractivity contribution >= 4 is 11.0 Å². The average molecular weight is 272 g/mol. The Kier molecular flexibility index (Phi) is 3.81. The first-order valence-corrected chi connectivity index (χ1v) is 7.68. The number of hydrazine groups is 1. The third-order valence-electron chi connectivity index (χ3n) is 4.41. The van der Waals surface area contributed by atoms with E-state index in [9.17, 15) is 0 Å². The molecule has 0 spiro atoms. The lowest BCUT2D eigenvalue weighted by Gasteiger charge is -2.40. The molecule has 0 radical (unpaired) electrons. The third kappa shape index (κ3) is 2.60. The van der Waals surface area contributed by atoms with Crippen LogP contribution in [0, 0.1) is 0 Å². The van der Waals surface area contributed by atoms with Crippen LogP contribution in [0.25, 0.3) is 11.0 Å². The van der Waals surface area contributed by atoms with Gasteiger partial charge in [0.15, 0.2) is 0 Å². The van der Waals surface area contributed by atoms with E-state index in [-0.39, 0.29) is 6.04 Å². The van der Waals surface area contributed by atoms with Crippen molar-refractivity contribution in [1.29, 1.82) is 0 Å². The van der Waals surface area contributed by atoms with Crippen molar-refractivity contribution < 1.29 is 4.42 Å². The summed E-state index contributed by atoms with van der Waals surface area (Å²) in [4.78, 5) is 0. The summed E-state index contributed by atoms with van der Waals surface area (Å²) >= 11 is 0. The molecule has 3 rings (SSSR count). The van der Waals surface area contributed by atoms with Gasteiger partial charge in [-0.3, -0.25) is 0 Å². The Hall–Kier alpha value is -1.32. The number of fused-ring (bicyclic) bond motifs is 1. The lowest BCUT2D eigenvalue weighted by molar-refractivity contribution is 0.0289. The number of benzene rings is 1. The second-order valence-electron chi connectivity index (χ2n) is 6.07. The van der Waals surface area contributed by atoms with Crippen molar-refractivity contribution in [1.82, 2.24) is 10.4 Å². The van der Waals surface area contributed by atoms with E-state index in [1.807, 2.05) is 12.1 Å². The molecule has 1 aromatic carbocycles. The van der Waals surface area contributed by atoms with Crippen molar-refractivity contribution in [3.05, 3.63) is 36.1 Å². The molecule has 1 aliphatic rings. The van der Waals surface area contributed by atoms with Crippen LogP contribution in [-0.2, 0) is 0 Å². The highest BCUT2D eigenvalue weighted by Gasteiger charge is 2.26. The molecule has 2 heterocycles. The molecule has 108 valence electrons. The Morgan fingerprint density at radius 3 is 2.60 bits per heavy atom. The molecule has 3 unspecified atom stereocenters. The van der Waals surface area contributed by atoms with Crippen LogP contribution in [0.2, 0.25) is 0 Å². The summed E-state index contributed by atoms with van der Waals surface area (Å²) in [5.74, 6) is 1.01. The lowest BCUT2D eigenvalue weighted by Crippen LogP contribution is -2.52. The first-order valence-electron chi connectivity index (χ1n) is 7.68. The average Bonchev–Trinajstić information content (AvgIpc) is 2.87. The number of nitrogens with zero attached hydrogens (tertiary/aromatic N) is 1. The summed E-state index contributed by atoms with van der Waals surface area (Å²) in [5, 5.41) is 3.58. The lowest BCUT2D eigenvalue weighted by atomic mass is 9.99. The predicted molar refractivity (Wildman–Crippen MR) is 82.4 cm³/mol. The van der Waals surface area contributed by atoms with E-state index in [0.29, 0.717) is 12.1 Å². The Morgan fingerprint density at radius 2 is 1.90 bits per heavy atom. The van der Waals surface area contributed by atoms with E-state index in [1.54, 1.807) is 0 Å². The second kappa shape index (κ2) is 5.58. The maximum Gasteiger partial charge on any atom is 0.134 e. The van der Waals surface area contributed by atoms with Gasteiger partial charge in [-0.1, -0.05) is 24.6 Å². The van der Waals surface area contributed by atoms with Crippen LogP contribution >= 0.6 is 0 Å². The molecule has 0 amide bonds. The van der Waals surface area contributed by atoms with Gasteiger partial charge in [-0.05, 0) is 45.7 Å². The van der Waals surface area contributed by atoms with Crippen LogP contribution in [0.4, 0.5) is 0 Å². The molecule has 0 saturated carbocycles. The van der Waals surface area contributed by atoms with Crippen LogP contribution in [0.5, 0.6) is 0 Å². The molecular formula is C17H24N2O. The van der Waals surface area contributed by atoms with Gasteiger partial charge in [-0.2, -0.15) is 0 Å². The van der Waals surface area contributed by atoms with Crippen molar-refractivity contribution in [2.75, 3.05) is 0 Å². The molecule has 0 bridgehead atoms. The van der Waals surface area contributed by atoms with Gasteiger partial charge in [-0.25, -0.2) is 10.4 Å². The zero-order valence-electron chi connectivity index (χ0n) is 12.6. The van der Waals surface area contributed by atoms with Gasteiger partial charge in [0.1, 0.15) is 11.3 Å². The summed E-state index contributed by atoms with van der Waals surface area (Å²) in [5.41, 5.74) is 4.60. The highest BCUT2D eigenvalue weighted by Crippen LogP contribution is 2.26. The number of hydrogen-bond acceptors (Lipinski definition) is 3. The zero-order valence-corrected chi connectivity index (χ0v) is 12.6. The zero-order chi connectivity index (χ0) is 14.1. The largest absolute Gasteiger partial charge is 0.459 e. The van der Waals surface area contributed by atoms with Crippen molar-refractivity contribution in [3.8, 4) is 0 Å². The Labute approximate surface area is 120 Å². The summed E-state index contributed by atoms with van der Waals surface area (Å²) in [7, 11) is 0. The quantitative estimate of drug-likeness (QED) is 0.905. The smallest absolute Gasteiger partial charge is 0.134 e. The van der Waals surface area contributed by atoms with Gasteiger partial charge in [-0.15, -0.1) is 0 Å². The molecule has 1 fully saturated rings. The van der Waals surface area contributed by atoms with Gasteiger partial charge in [0.25, 0.3) is 0 Å². The normalized spacial score (nSPS) is 25.9. The number of hydrogen-bond donors (Lipinski definition) is 1. The molecule has 1 N–H and O–H groups in total. The molecule has 3 heteroatoms. The Balaban J connectivity index is 1.76. The summed E-state index contributed by atoms with van der Waals surface area (Å²) < 4.78 is 5.95. The molecule has 1 aliphatic heterocycles. The monoisotopic (exact) mass is 272 g/mol. The minimum absolute atomic E-state index is 0.199. The molecule has 3 atom stereocenters.